The molecule has 6 heteroatoms. The molecule has 0 aliphatic rings. The highest BCUT2D eigenvalue weighted by Gasteiger charge is 2.04. The first-order valence-electron chi connectivity index (χ1n) is 5.47. The topological polar surface area (TPSA) is 89.3 Å². The fourth-order valence-electron chi connectivity index (χ4n) is 1.29. The van der Waals surface area contributed by atoms with Gasteiger partial charge in [-0.1, -0.05) is 0 Å². The average molecular weight is 238 g/mol. The van der Waals surface area contributed by atoms with Gasteiger partial charge in [0.1, 0.15) is 5.82 Å². The van der Waals surface area contributed by atoms with Crippen molar-refractivity contribution >= 4 is 11.7 Å². The molecule has 6 nitrogen and oxygen atoms in total. The third kappa shape index (κ3) is 4.80. The standard InChI is InChI=1S/C11H18N4O2/c1-17-7-3-2-6-13-11(16)9-4-5-10(15-12)14-8-9/h4-5,8H,2-3,6-7,12H2,1H3,(H,13,16)(H,14,15). The summed E-state index contributed by atoms with van der Waals surface area (Å²) in [5.41, 5.74) is 2.93. The highest BCUT2D eigenvalue weighted by Crippen LogP contribution is 2.03. The predicted octanol–water partition coefficient (Wildman–Crippen LogP) is 0.524. The number of nitrogen functional groups attached to an aromatic ring is 1. The monoisotopic (exact) mass is 238 g/mol. The van der Waals surface area contributed by atoms with Gasteiger partial charge in [-0.2, -0.15) is 0 Å². The summed E-state index contributed by atoms with van der Waals surface area (Å²) in [6, 6.07) is 3.33. The number of carbonyl (C=O) groups is 1. The smallest absolute Gasteiger partial charge is 0.252 e. The summed E-state index contributed by atoms with van der Waals surface area (Å²) < 4.78 is 4.92. The Labute approximate surface area is 101 Å². The Balaban J connectivity index is 2.31. The van der Waals surface area contributed by atoms with E-state index in [0.717, 1.165) is 12.8 Å². The van der Waals surface area contributed by atoms with Crippen LogP contribution in [0.4, 0.5) is 5.82 Å². The number of anilines is 1. The summed E-state index contributed by atoms with van der Waals surface area (Å²) in [6.45, 7) is 1.35. The lowest BCUT2D eigenvalue weighted by molar-refractivity contribution is 0.0951. The molecule has 0 aliphatic carbocycles. The molecule has 0 saturated heterocycles. The van der Waals surface area contributed by atoms with Crippen LogP contribution in [0.15, 0.2) is 18.3 Å². The third-order valence-electron chi connectivity index (χ3n) is 2.23. The second-order valence-corrected chi connectivity index (χ2v) is 3.53. The van der Waals surface area contributed by atoms with Gasteiger partial charge in [-0.05, 0) is 25.0 Å². The summed E-state index contributed by atoms with van der Waals surface area (Å²) in [5.74, 6) is 5.58. The van der Waals surface area contributed by atoms with Gasteiger partial charge in [0.2, 0.25) is 0 Å². The van der Waals surface area contributed by atoms with E-state index in [2.05, 4.69) is 15.7 Å². The lowest BCUT2D eigenvalue weighted by atomic mass is 10.2. The van der Waals surface area contributed by atoms with Crippen LogP contribution >= 0.6 is 0 Å². The van der Waals surface area contributed by atoms with Crippen LogP contribution < -0.4 is 16.6 Å². The molecule has 0 atom stereocenters. The molecular weight excluding hydrogens is 220 g/mol. The minimum Gasteiger partial charge on any atom is -0.385 e. The van der Waals surface area contributed by atoms with Crippen molar-refractivity contribution in [2.75, 3.05) is 25.7 Å². The van der Waals surface area contributed by atoms with Crippen LogP contribution in [0.25, 0.3) is 0 Å². The van der Waals surface area contributed by atoms with E-state index in [1.54, 1.807) is 19.2 Å². The molecule has 1 amide bonds. The molecular formula is C11H18N4O2. The largest absolute Gasteiger partial charge is 0.385 e. The summed E-state index contributed by atoms with van der Waals surface area (Å²) in [5, 5.41) is 2.81. The van der Waals surface area contributed by atoms with E-state index in [1.807, 2.05) is 0 Å². The second kappa shape index (κ2) is 7.59. The minimum atomic E-state index is -0.126. The quantitative estimate of drug-likeness (QED) is 0.366. The summed E-state index contributed by atoms with van der Waals surface area (Å²) in [4.78, 5) is 15.6. The first-order chi connectivity index (χ1) is 8.27. The number of hydrogen-bond donors (Lipinski definition) is 3. The van der Waals surface area contributed by atoms with Crippen LogP contribution in [-0.2, 0) is 4.74 Å². The van der Waals surface area contributed by atoms with Crippen molar-refractivity contribution in [2.45, 2.75) is 12.8 Å². The van der Waals surface area contributed by atoms with Crippen LogP contribution in [0.3, 0.4) is 0 Å². The minimum absolute atomic E-state index is 0.126. The molecule has 0 fully saturated rings. The van der Waals surface area contributed by atoms with Gasteiger partial charge in [0.15, 0.2) is 0 Å². The maximum absolute atomic E-state index is 11.6. The molecule has 0 bridgehead atoms. The molecule has 17 heavy (non-hydrogen) atoms. The van der Waals surface area contributed by atoms with E-state index < -0.39 is 0 Å². The number of nitrogens with two attached hydrogens (primary N) is 1. The Kier molecular flexibility index (Phi) is 5.98. The van der Waals surface area contributed by atoms with E-state index >= 15 is 0 Å². The zero-order chi connectivity index (χ0) is 12.5. The number of nitrogens with one attached hydrogen (secondary N) is 2. The number of methoxy groups -OCH3 is 1. The van der Waals surface area contributed by atoms with Gasteiger partial charge in [-0.25, -0.2) is 10.8 Å². The zero-order valence-electron chi connectivity index (χ0n) is 9.90. The molecule has 1 aromatic rings. The number of nitrogens with zero attached hydrogens (tertiary/aromatic N) is 1. The third-order valence-corrected chi connectivity index (χ3v) is 2.23. The van der Waals surface area contributed by atoms with Crippen molar-refractivity contribution in [1.29, 1.82) is 0 Å². The van der Waals surface area contributed by atoms with Crippen LogP contribution in [0.1, 0.15) is 23.2 Å². The Bertz CT molecular complexity index is 340. The normalized spacial score (nSPS) is 10.0. The van der Waals surface area contributed by atoms with Crippen LogP contribution in [0, 0.1) is 0 Å². The number of aromatic nitrogens is 1. The molecule has 0 radical (unpaired) electrons. The van der Waals surface area contributed by atoms with Gasteiger partial charge in [-0.15, -0.1) is 0 Å². The number of pyridine rings is 1. The van der Waals surface area contributed by atoms with E-state index in [4.69, 9.17) is 10.6 Å². The van der Waals surface area contributed by atoms with Gasteiger partial charge in [0, 0.05) is 26.5 Å². The summed E-state index contributed by atoms with van der Waals surface area (Å²) >= 11 is 0. The van der Waals surface area contributed by atoms with Crippen LogP contribution in [0.5, 0.6) is 0 Å². The number of hydrazine groups is 1. The number of hydrogen-bond acceptors (Lipinski definition) is 5. The van der Waals surface area contributed by atoms with Crippen molar-refractivity contribution in [1.82, 2.24) is 10.3 Å². The van der Waals surface area contributed by atoms with Gasteiger partial charge < -0.3 is 15.5 Å². The number of rotatable bonds is 7. The van der Waals surface area contributed by atoms with Crippen LogP contribution in [-0.4, -0.2) is 31.2 Å². The Morgan fingerprint density at radius 1 is 1.47 bits per heavy atom. The molecule has 4 N–H and O–H groups in total. The molecule has 1 rings (SSSR count). The van der Waals surface area contributed by atoms with Gasteiger partial charge in [0.25, 0.3) is 5.91 Å². The van der Waals surface area contributed by atoms with E-state index in [0.29, 0.717) is 24.5 Å². The fraction of sp³-hybridized carbons (Fsp3) is 0.455. The van der Waals surface area contributed by atoms with Crippen molar-refractivity contribution in [3.05, 3.63) is 23.9 Å². The molecule has 0 aliphatic heterocycles. The van der Waals surface area contributed by atoms with Crippen molar-refractivity contribution in [2.24, 2.45) is 5.84 Å². The fourth-order valence-corrected chi connectivity index (χ4v) is 1.29. The van der Waals surface area contributed by atoms with Crippen LogP contribution in [0.2, 0.25) is 0 Å². The number of unbranched alkanes of at least 4 members (excludes halogenated alkanes) is 1. The number of carbonyl (C=O) groups excluding carboxylic acids is 1. The van der Waals surface area contributed by atoms with Gasteiger partial charge >= 0.3 is 0 Å². The predicted molar refractivity (Wildman–Crippen MR) is 65.5 cm³/mol. The van der Waals surface area contributed by atoms with E-state index in [-0.39, 0.29) is 5.91 Å². The Morgan fingerprint density at radius 3 is 2.88 bits per heavy atom. The molecule has 1 heterocycles. The average Bonchev–Trinajstić information content (AvgIpc) is 2.38. The Morgan fingerprint density at radius 2 is 2.29 bits per heavy atom. The number of amides is 1. The molecule has 0 saturated carbocycles. The molecule has 0 unspecified atom stereocenters. The number of ether oxygens (including phenoxy) is 1. The Hall–Kier alpha value is -1.66. The first kappa shape index (κ1) is 13.4. The maximum atomic E-state index is 11.6. The van der Waals surface area contributed by atoms with Crippen molar-refractivity contribution < 1.29 is 9.53 Å². The summed E-state index contributed by atoms with van der Waals surface area (Å²) in [7, 11) is 1.66. The highest BCUT2D eigenvalue weighted by atomic mass is 16.5. The van der Waals surface area contributed by atoms with E-state index in [9.17, 15) is 4.79 Å². The first-order valence-corrected chi connectivity index (χ1v) is 5.47. The lowest BCUT2D eigenvalue weighted by Crippen LogP contribution is -2.24. The lowest BCUT2D eigenvalue weighted by Gasteiger charge is -2.05. The molecule has 0 aromatic carbocycles. The maximum Gasteiger partial charge on any atom is 0.252 e. The second-order valence-electron chi connectivity index (χ2n) is 3.53. The SMILES string of the molecule is COCCCCNC(=O)c1ccc(NN)nc1. The molecule has 94 valence electrons. The van der Waals surface area contributed by atoms with E-state index in [1.165, 1.54) is 6.20 Å². The van der Waals surface area contributed by atoms with Gasteiger partial charge in [-0.3, -0.25) is 4.79 Å². The van der Waals surface area contributed by atoms with Gasteiger partial charge in [0.05, 0.1) is 5.56 Å². The summed E-state index contributed by atoms with van der Waals surface area (Å²) in [6.07, 6.45) is 3.32. The zero-order valence-corrected chi connectivity index (χ0v) is 9.90. The molecule has 0 spiro atoms. The molecule has 1 aromatic heterocycles. The van der Waals surface area contributed by atoms with Crippen molar-refractivity contribution in [3.63, 3.8) is 0 Å². The van der Waals surface area contributed by atoms with Crippen molar-refractivity contribution in [3.8, 4) is 0 Å². The highest BCUT2D eigenvalue weighted by molar-refractivity contribution is 5.93.